The van der Waals surface area contributed by atoms with Gasteiger partial charge in [-0.25, -0.2) is 4.98 Å². The minimum Gasteiger partial charge on any atom is -0.506 e. The number of aromatic nitrogens is 2. The number of nitrogens with zero attached hydrogens (tertiary/aromatic N) is 3. The normalized spacial score (nSPS) is 10.7. The molecule has 0 aliphatic carbocycles. The minimum absolute atomic E-state index is 0.0560. The van der Waals surface area contributed by atoms with Crippen molar-refractivity contribution in [3.8, 4) is 11.5 Å². The average molecular weight is 356 g/mol. The Labute approximate surface area is 148 Å². The molecule has 0 fully saturated rings. The van der Waals surface area contributed by atoms with Gasteiger partial charge >= 0.3 is 0 Å². The van der Waals surface area contributed by atoms with Crippen LogP contribution < -0.4 is 10.1 Å². The Morgan fingerprint density at radius 2 is 2.19 bits per heavy atom. The highest BCUT2D eigenvalue weighted by atomic mass is 16.6. The molecule has 26 heavy (non-hydrogen) atoms. The van der Waals surface area contributed by atoms with Crippen molar-refractivity contribution < 1.29 is 19.6 Å². The van der Waals surface area contributed by atoms with Crippen LogP contribution in [-0.4, -0.2) is 31.9 Å². The summed E-state index contributed by atoms with van der Waals surface area (Å²) in [6, 6.07) is 6.87. The summed E-state index contributed by atoms with van der Waals surface area (Å²) in [5, 5.41) is 23.3. The highest BCUT2D eigenvalue weighted by molar-refractivity contribution is 6.05. The molecule has 0 aliphatic rings. The van der Waals surface area contributed by atoms with Crippen LogP contribution in [-0.2, 0) is 0 Å². The maximum atomic E-state index is 12.7. The van der Waals surface area contributed by atoms with Crippen LogP contribution >= 0.6 is 0 Å². The molecular formula is C17H16N4O5. The number of nitrogens with one attached hydrogen (secondary N) is 1. The van der Waals surface area contributed by atoms with Gasteiger partial charge in [0.2, 0.25) is 0 Å². The Balaban J connectivity index is 2.01. The second-order valence-electron chi connectivity index (χ2n) is 5.46. The Hall–Kier alpha value is -3.62. The number of carbonyl (C=O) groups is 1. The third kappa shape index (κ3) is 3.02. The number of carbonyl (C=O) groups excluding carboxylic acids is 1. The van der Waals surface area contributed by atoms with Gasteiger partial charge in [-0.15, -0.1) is 0 Å². The number of aromatic hydroxyl groups is 1. The molecular weight excluding hydrogens is 340 g/mol. The van der Waals surface area contributed by atoms with Crippen molar-refractivity contribution in [2.45, 2.75) is 13.8 Å². The fourth-order valence-corrected chi connectivity index (χ4v) is 2.62. The Bertz CT molecular complexity index is 1010. The molecule has 9 heteroatoms. The van der Waals surface area contributed by atoms with E-state index in [2.05, 4.69) is 10.3 Å². The molecule has 0 bridgehead atoms. The number of nitro benzene ring substituents is 1. The molecule has 0 aliphatic heterocycles. The molecule has 1 amide bonds. The van der Waals surface area contributed by atoms with E-state index in [-0.39, 0.29) is 22.8 Å². The lowest BCUT2D eigenvalue weighted by Gasteiger charge is -2.09. The molecule has 3 aromatic rings. The summed E-state index contributed by atoms with van der Waals surface area (Å²) >= 11 is 0. The van der Waals surface area contributed by atoms with Crippen LogP contribution in [0.2, 0.25) is 0 Å². The quantitative estimate of drug-likeness (QED) is 0.412. The first kappa shape index (κ1) is 17.2. The SMILES string of the molecule is CCOc1cccn2c(C(=O)Nc3cc([N+](=O)[O-])ccc3O)c(C)nc12. The van der Waals surface area contributed by atoms with E-state index >= 15 is 0 Å². The summed E-state index contributed by atoms with van der Waals surface area (Å²) in [4.78, 5) is 27.4. The predicted molar refractivity (Wildman–Crippen MR) is 93.8 cm³/mol. The fraction of sp³-hybridized carbons (Fsp3) is 0.176. The van der Waals surface area contributed by atoms with Crippen LogP contribution in [0.4, 0.5) is 11.4 Å². The third-order valence-corrected chi connectivity index (χ3v) is 3.74. The van der Waals surface area contributed by atoms with Gasteiger partial charge in [0.05, 0.1) is 22.9 Å². The number of ether oxygens (including phenoxy) is 1. The van der Waals surface area contributed by atoms with E-state index in [1.54, 1.807) is 29.7 Å². The third-order valence-electron chi connectivity index (χ3n) is 3.74. The maximum Gasteiger partial charge on any atom is 0.274 e. The van der Waals surface area contributed by atoms with E-state index in [1.165, 1.54) is 0 Å². The summed E-state index contributed by atoms with van der Waals surface area (Å²) in [6.07, 6.45) is 1.67. The first-order chi connectivity index (χ1) is 12.4. The van der Waals surface area contributed by atoms with Gasteiger partial charge in [-0.05, 0) is 32.0 Å². The molecule has 0 saturated carbocycles. The van der Waals surface area contributed by atoms with Crippen molar-refractivity contribution in [3.63, 3.8) is 0 Å². The van der Waals surface area contributed by atoms with E-state index in [4.69, 9.17) is 4.74 Å². The van der Waals surface area contributed by atoms with E-state index in [0.29, 0.717) is 23.7 Å². The zero-order valence-electron chi connectivity index (χ0n) is 14.1. The average Bonchev–Trinajstić information content (AvgIpc) is 2.94. The number of imidazole rings is 1. The zero-order valence-corrected chi connectivity index (χ0v) is 14.1. The largest absolute Gasteiger partial charge is 0.506 e. The number of benzene rings is 1. The molecule has 9 nitrogen and oxygen atoms in total. The van der Waals surface area contributed by atoms with Crippen LogP contribution in [0.5, 0.6) is 11.5 Å². The zero-order chi connectivity index (χ0) is 18.8. The number of amides is 1. The van der Waals surface area contributed by atoms with Crippen molar-refractivity contribution in [2.75, 3.05) is 11.9 Å². The number of aryl methyl sites for hydroxylation is 1. The number of non-ortho nitro benzene ring substituents is 1. The van der Waals surface area contributed by atoms with Crippen LogP contribution in [0.1, 0.15) is 23.1 Å². The summed E-state index contributed by atoms with van der Waals surface area (Å²) in [5.74, 6) is -0.291. The van der Waals surface area contributed by atoms with Gasteiger partial charge in [-0.3, -0.25) is 19.3 Å². The van der Waals surface area contributed by atoms with Crippen LogP contribution in [0, 0.1) is 17.0 Å². The lowest BCUT2D eigenvalue weighted by atomic mass is 10.2. The van der Waals surface area contributed by atoms with E-state index < -0.39 is 10.8 Å². The second-order valence-corrected chi connectivity index (χ2v) is 5.46. The summed E-state index contributed by atoms with van der Waals surface area (Å²) < 4.78 is 7.09. The van der Waals surface area contributed by atoms with E-state index in [1.807, 2.05) is 6.92 Å². The second kappa shape index (κ2) is 6.71. The molecule has 0 unspecified atom stereocenters. The van der Waals surface area contributed by atoms with Crippen molar-refractivity contribution >= 4 is 22.9 Å². The van der Waals surface area contributed by atoms with Gasteiger partial charge in [0.1, 0.15) is 11.4 Å². The predicted octanol–water partition coefficient (Wildman–Crippen LogP) is 2.91. The number of hydrogen-bond donors (Lipinski definition) is 2. The number of pyridine rings is 1. The van der Waals surface area contributed by atoms with Gasteiger partial charge in [0.15, 0.2) is 11.4 Å². The van der Waals surface area contributed by atoms with Crippen LogP contribution in [0.3, 0.4) is 0 Å². The highest BCUT2D eigenvalue weighted by Gasteiger charge is 2.20. The van der Waals surface area contributed by atoms with Crippen LogP contribution in [0.15, 0.2) is 36.5 Å². The molecule has 0 spiro atoms. The van der Waals surface area contributed by atoms with Gasteiger partial charge < -0.3 is 15.2 Å². The van der Waals surface area contributed by atoms with Crippen molar-refractivity contribution in [3.05, 3.63) is 58.0 Å². The lowest BCUT2D eigenvalue weighted by molar-refractivity contribution is -0.384. The molecule has 3 rings (SSSR count). The van der Waals surface area contributed by atoms with Crippen molar-refractivity contribution in [1.29, 1.82) is 0 Å². The van der Waals surface area contributed by atoms with Crippen molar-refractivity contribution in [1.82, 2.24) is 9.38 Å². The highest BCUT2D eigenvalue weighted by Crippen LogP contribution is 2.29. The molecule has 0 atom stereocenters. The van der Waals surface area contributed by atoms with Crippen molar-refractivity contribution in [2.24, 2.45) is 0 Å². The molecule has 0 saturated heterocycles. The number of phenolic OH excluding ortho intramolecular Hbond substituents is 1. The van der Waals surface area contributed by atoms with Gasteiger partial charge in [0, 0.05) is 18.3 Å². The topological polar surface area (TPSA) is 119 Å². The summed E-state index contributed by atoms with van der Waals surface area (Å²) in [6.45, 7) is 3.97. The number of hydrogen-bond acceptors (Lipinski definition) is 6. The Morgan fingerprint density at radius 1 is 1.42 bits per heavy atom. The Kier molecular flexibility index (Phi) is 4.44. The first-order valence-electron chi connectivity index (χ1n) is 7.81. The monoisotopic (exact) mass is 356 g/mol. The number of rotatable bonds is 5. The Morgan fingerprint density at radius 3 is 2.88 bits per heavy atom. The molecule has 2 heterocycles. The minimum atomic E-state index is -0.608. The van der Waals surface area contributed by atoms with E-state index in [0.717, 1.165) is 18.2 Å². The van der Waals surface area contributed by atoms with Gasteiger partial charge in [0.25, 0.3) is 11.6 Å². The lowest BCUT2D eigenvalue weighted by Crippen LogP contribution is -2.16. The van der Waals surface area contributed by atoms with Gasteiger partial charge in [-0.2, -0.15) is 0 Å². The molecule has 0 radical (unpaired) electrons. The standard InChI is InChI=1S/C17H16N4O5/c1-3-26-14-5-4-8-20-15(10(2)18-16(14)20)17(23)19-12-9-11(21(24)25)6-7-13(12)22/h4-9,22H,3H2,1-2H3,(H,19,23). The van der Waals surface area contributed by atoms with Gasteiger partial charge in [-0.1, -0.05) is 0 Å². The maximum absolute atomic E-state index is 12.7. The molecule has 2 aromatic heterocycles. The molecule has 134 valence electrons. The first-order valence-corrected chi connectivity index (χ1v) is 7.81. The number of anilines is 1. The summed E-state index contributed by atoms with van der Waals surface area (Å²) in [7, 11) is 0. The molecule has 2 N–H and O–H groups in total. The smallest absolute Gasteiger partial charge is 0.274 e. The number of nitro groups is 1. The fourth-order valence-electron chi connectivity index (χ4n) is 2.62. The van der Waals surface area contributed by atoms with Crippen LogP contribution in [0.25, 0.3) is 5.65 Å². The molecule has 1 aromatic carbocycles. The summed E-state index contributed by atoms with van der Waals surface area (Å²) in [5.41, 5.74) is 0.887. The van der Waals surface area contributed by atoms with E-state index in [9.17, 15) is 20.0 Å². The number of fused-ring (bicyclic) bond motifs is 1. The number of phenols is 1.